The molecule has 0 heterocycles. The molecule has 0 bridgehead atoms. The zero-order chi connectivity index (χ0) is 19.2. The van der Waals surface area contributed by atoms with Gasteiger partial charge in [0.2, 0.25) is 15.9 Å². The van der Waals surface area contributed by atoms with E-state index in [4.69, 9.17) is 0 Å². The molecule has 2 rings (SSSR count). The molecule has 0 atom stereocenters. The Bertz CT molecular complexity index is 868. The summed E-state index contributed by atoms with van der Waals surface area (Å²) in [7, 11) is -3.53. The highest BCUT2D eigenvalue weighted by Crippen LogP contribution is 2.14. The van der Waals surface area contributed by atoms with Gasteiger partial charge in [-0.1, -0.05) is 31.2 Å². The number of nitrogens with one attached hydrogen (secondary N) is 2. The smallest absolute Gasteiger partial charge is 0.248 e. The summed E-state index contributed by atoms with van der Waals surface area (Å²) in [6.07, 6.45) is 4.16. The van der Waals surface area contributed by atoms with E-state index in [2.05, 4.69) is 17.0 Å². The number of aryl methyl sites for hydroxylation is 1. The van der Waals surface area contributed by atoms with Crippen molar-refractivity contribution in [1.82, 2.24) is 4.72 Å². The third-order valence-corrected chi connectivity index (χ3v) is 5.31. The highest BCUT2D eigenvalue weighted by Gasteiger charge is 2.14. The molecule has 0 aliphatic heterocycles. The first-order valence-electron chi connectivity index (χ1n) is 8.50. The molecule has 0 aliphatic carbocycles. The average molecular weight is 372 g/mol. The van der Waals surface area contributed by atoms with Gasteiger partial charge in [-0.05, 0) is 61.7 Å². The van der Waals surface area contributed by atoms with E-state index in [-0.39, 0.29) is 16.8 Å². The van der Waals surface area contributed by atoms with Gasteiger partial charge in [0.25, 0.3) is 0 Å². The number of hydrogen-bond acceptors (Lipinski definition) is 3. The third-order valence-electron chi connectivity index (χ3n) is 3.64. The van der Waals surface area contributed by atoms with Crippen molar-refractivity contribution >= 4 is 27.7 Å². The predicted octanol–water partition coefficient (Wildman–Crippen LogP) is 3.59. The number of benzene rings is 2. The standard InChI is InChI=1S/C20H24N2O3S/c1-4-16-5-7-17(8-6-16)9-14-20(23)21-18-10-12-19(13-11-18)26(24,25)22-15(2)3/h5-15,22H,4H2,1-3H3,(H,21,23)/b14-9+. The monoisotopic (exact) mass is 372 g/mol. The molecule has 2 aromatic rings. The van der Waals surface area contributed by atoms with Crippen LogP contribution in [0.2, 0.25) is 0 Å². The Morgan fingerprint density at radius 3 is 2.19 bits per heavy atom. The molecule has 2 N–H and O–H groups in total. The minimum absolute atomic E-state index is 0.163. The molecule has 0 fully saturated rings. The summed E-state index contributed by atoms with van der Waals surface area (Å²) < 4.78 is 26.7. The van der Waals surface area contributed by atoms with Crippen molar-refractivity contribution in [2.24, 2.45) is 0 Å². The van der Waals surface area contributed by atoms with Crippen LogP contribution in [-0.4, -0.2) is 20.4 Å². The molecule has 2 aromatic carbocycles. The largest absolute Gasteiger partial charge is 0.323 e. The zero-order valence-corrected chi connectivity index (χ0v) is 16.0. The van der Waals surface area contributed by atoms with Gasteiger partial charge < -0.3 is 5.32 Å². The van der Waals surface area contributed by atoms with Gasteiger partial charge in [0.1, 0.15) is 0 Å². The highest BCUT2D eigenvalue weighted by molar-refractivity contribution is 7.89. The second-order valence-corrected chi connectivity index (χ2v) is 7.93. The molecule has 1 amide bonds. The van der Waals surface area contributed by atoms with Crippen molar-refractivity contribution in [3.63, 3.8) is 0 Å². The van der Waals surface area contributed by atoms with Gasteiger partial charge in [-0.3, -0.25) is 4.79 Å². The molecular formula is C20H24N2O3S. The van der Waals surface area contributed by atoms with Crippen LogP contribution in [0.25, 0.3) is 6.08 Å². The van der Waals surface area contributed by atoms with Crippen LogP contribution in [0.4, 0.5) is 5.69 Å². The second kappa shape index (κ2) is 8.78. The lowest BCUT2D eigenvalue weighted by atomic mass is 10.1. The molecule has 0 spiro atoms. The number of hydrogen-bond donors (Lipinski definition) is 2. The molecule has 138 valence electrons. The lowest BCUT2D eigenvalue weighted by Gasteiger charge is -2.10. The van der Waals surface area contributed by atoms with E-state index < -0.39 is 10.0 Å². The van der Waals surface area contributed by atoms with E-state index in [0.717, 1.165) is 12.0 Å². The van der Waals surface area contributed by atoms with Gasteiger partial charge in [0.15, 0.2) is 0 Å². The number of rotatable bonds is 7. The fourth-order valence-electron chi connectivity index (χ4n) is 2.32. The Kier molecular flexibility index (Phi) is 6.71. The van der Waals surface area contributed by atoms with Crippen LogP contribution in [0, 0.1) is 0 Å². The number of carbonyl (C=O) groups is 1. The van der Waals surface area contributed by atoms with Crippen LogP contribution in [0.15, 0.2) is 59.5 Å². The van der Waals surface area contributed by atoms with Crippen molar-refractivity contribution in [3.8, 4) is 0 Å². The first kappa shape index (κ1) is 19.9. The topological polar surface area (TPSA) is 75.3 Å². The number of carbonyl (C=O) groups excluding carboxylic acids is 1. The Labute approximate surface area is 155 Å². The molecule has 0 saturated carbocycles. The van der Waals surface area contributed by atoms with Gasteiger partial charge in [-0.2, -0.15) is 0 Å². The van der Waals surface area contributed by atoms with Crippen LogP contribution in [0.3, 0.4) is 0 Å². The first-order chi connectivity index (χ1) is 12.3. The fourth-order valence-corrected chi connectivity index (χ4v) is 3.57. The Morgan fingerprint density at radius 2 is 1.65 bits per heavy atom. The van der Waals surface area contributed by atoms with Gasteiger partial charge in [-0.25, -0.2) is 13.1 Å². The van der Waals surface area contributed by atoms with Crippen molar-refractivity contribution in [2.75, 3.05) is 5.32 Å². The fraction of sp³-hybridized carbons (Fsp3) is 0.250. The molecule has 26 heavy (non-hydrogen) atoms. The summed E-state index contributed by atoms with van der Waals surface area (Å²) in [6, 6.07) is 13.9. The Balaban J connectivity index is 1.99. The maximum absolute atomic E-state index is 12.1. The lowest BCUT2D eigenvalue weighted by molar-refractivity contribution is -0.111. The normalized spacial score (nSPS) is 11.8. The number of sulfonamides is 1. The van der Waals surface area contributed by atoms with Crippen molar-refractivity contribution in [2.45, 2.75) is 38.1 Å². The molecular weight excluding hydrogens is 348 g/mol. The molecule has 0 radical (unpaired) electrons. The van der Waals surface area contributed by atoms with Gasteiger partial charge in [0, 0.05) is 17.8 Å². The maximum atomic E-state index is 12.1. The Morgan fingerprint density at radius 1 is 1.04 bits per heavy atom. The summed E-state index contributed by atoms with van der Waals surface area (Å²) in [5.41, 5.74) is 2.72. The first-order valence-corrected chi connectivity index (χ1v) is 9.99. The molecule has 0 aromatic heterocycles. The summed E-state index contributed by atoms with van der Waals surface area (Å²) in [5, 5.41) is 2.71. The van der Waals surface area contributed by atoms with Crippen LogP contribution >= 0.6 is 0 Å². The molecule has 0 saturated heterocycles. The predicted molar refractivity (Wildman–Crippen MR) is 105 cm³/mol. The lowest BCUT2D eigenvalue weighted by Crippen LogP contribution is -2.30. The summed E-state index contributed by atoms with van der Waals surface area (Å²) in [5.74, 6) is -0.277. The zero-order valence-electron chi connectivity index (χ0n) is 15.2. The molecule has 0 unspecified atom stereocenters. The van der Waals surface area contributed by atoms with E-state index in [1.807, 2.05) is 24.3 Å². The van der Waals surface area contributed by atoms with E-state index in [0.29, 0.717) is 5.69 Å². The second-order valence-electron chi connectivity index (χ2n) is 6.22. The number of amides is 1. The Hall–Kier alpha value is -2.44. The SMILES string of the molecule is CCc1ccc(/C=C/C(=O)Nc2ccc(S(=O)(=O)NC(C)C)cc2)cc1. The van der Waals surface area contributed by atoms with Crippen molar-refractivity contribution in [1.29, 1.82) is 0 Å². The number of anilines is 1. The molecule has 6 heteroatoms. The van der Waals surface area contributed by atoms with Crippen LogP contribution in [-0.2, 0) is 21.2 Å². The third kappa shape index (κ3) is 5.82. The van der Waals surface area contributed by atoms with Crippen LogP contribution < -0.4 is 10.0 Å². The van der Waals surface area contributed by atoms with E-state index in [1.54, 1.807) is 32.1 Å². The molecule has 5 nitrogen and oxygen atoms in total. The van der Waals surface area contributed by atoms with Crippen LogP contribution in [0.5, 0.6) is 0 Å². The van der Waals surface area contributed by atoms with Crippen molar-refractivity contribution < 1.29 is 13.2 Å². The van der Waals surface area contributed by atoms with Gasteiger partial charge >= 0.3 is 0 Å². The van der Waals surface area contributed by atoms with Gasteiger partial charge in [-0.15, -0.1) is 0 Å². The van der Waals surface area contributed by atoms with Crippen LogP contribution in [0.1, 0.15) is 31.9 Å². The highest BCUT2D eigenvalue weighted by atomic mass is 32.2. The minimum atomic E-state index is -3.53. The van der Waals surface area contributed by atoms with E-state index >= 15 is 0 Å². The minimum Gasteiger partial charge on any atom is -0.323 e. The summed E-state index contributed by atoms with van der Waals surface area (Å²) in [6.45, 7) is 5.61. The summed E-state index contributed by atoms with van der Waals surface area (Å²) in [4.78, 5) is 12.2. The average Bonchev–Trinajstić information content (AvgIpc) is 2.60. The van der Waals surface area contributed by atoms with E-state index in [1.165, 1.54) is 23.8 Å². The van der Waals surface area contributed by atoms with E-state index in [9.17, 15) is 13.2 Å². The molecule has 0 aliphatic rings. The quantitative estimate of drug-likeness (QED) is 0.730. The van der Waals surface area contributed by atoms with Gasteiger partial charge in [0.05, 0.1) is 4.90 Å². The maximum Gasteiger partial charge on any atom is 0.248 e. The summed E-state index contributed by atoms with van der Waals surface area (Å²) >= 11 is 0. The van der Waals surface area contributed by atoms with Crippen molar-refractivity contribution in [3.05, 3.63) is 65.7 Å².